The van der Waals surface area contributed by atoms with Crippen molar-refractivity contribution in [3.8, 4) is 6.07 Å². The summed E-state index contributed by atoms with van der Waals surface area (Å²) in [5, 5.41) is 10.0. The fraction of sp³-hybridized carbons (Fsp3) is 0.125. The van der Waals surface area contributed by atoms with E-state index in [9.17, 15) is 14.9 Å². The van der Waals surface area contributed by atoms with Gasteiger partial charge in [-0.3, -0.25) is 9.36 Å². The summed E-state index contributed by atoms with van der Waals surface area (Å²) in [4.78, 5) is 26.5. The van der Waals surface area contributed by atoms with Crippen LogP contribution in [0.3, 0.4) is 0 Å². The smallest absolute Gasteiger partial charge is 0.338 e. The van der Waals surface area contributed by atoms with Crippen LogP contribution in [0.25, 0.3) is 17.5 Å². The number of nitriles is 1. The second-order valence-corrected chi connectivity index (χ2v) is 9.82. The summed E-state index contributed by atoms with van der Waals surface area (Å²) in [5.41, 5.74) is 7.79. The molecule has 1 aliphatic heterocycles. The zero-order valence-corrected chi connectivity index (χ0v) is 21.3. The Morgan fingerprint density at radius 3 is 2.52 bits per heavy atom. The van der Waals surface area contributed by atoms with E-state index in [4.69, 9.17) is 10.5 Å². The Labute approximate surface area is 210 Å². The van der Waals surface area contributed by atoms with Crippen LogP contribution in [0.15, 0.2) is 67.8 Å². The molecule has 166 valence electrons. The summed E-state index contributed by atoms with van der Waals surface area (Å²) >= 11 is 8.16. The molecule has 1 aromatic heterocycles. The number of carbonyl (C=O) groups is 1. The number of carbonyl (C=O) groups excluding carboxylic acids is 1. The topological polar surface area (TPSA) is 98.1 Å². The monoisotopic (exact) mass is 585 g/mol. The van der Waals surface area contributed by atoms with Gasteiger partial charge in [-0.2, -0.15) is 5.26 Å². The molecule has 0 saturated heterocycles. The van der Waals surface area contributed by atoms with Gasteiger partial charge in [0.1, 0.15) is 10.5 Å². The second kappa shape index (κ2) is 9.51. The molecule has 1 aliphatic rings. The largest absolute Gasteiger partial charge is 0.463 e. The molecule has 0 unspecified atom stereocenters. The number of hydrogen-bond donors (Lipinski definition) is 1. The minimum Gasteiger partial charge on any atom is -0.463 e. The van der Waals surface area contributed by atoms with Gasteiger partial charge in [-0.1, -0.05) is 68.3 Å². The Kier molecular flexibility index (Phi) is 6.70. The standard InChI is InChI=1S/C24H17Br2N3O3S/c1-2-32-24(31)20-19(14-8-4-6-10-17(14)26)15(12-27)21(28)29-22(30)18(33-23(20)29)11-13-7-3-5-9-16(13)25/h3-11,19H,2,28H2,1H3/b18-11-/t19-/m0/s1. The van der Waals surface area contributed by atoms with Crippen molar-refractivity contribution in [3.05, 3.63) is 93.7 Å². The first-order valence-corrected chi connectivity index (χ1v) is 12.3. The molecular formula is C24H17Br2N3O3S. The maximum atomic E-state index is 13.4. The van der Waals surface area contributed by atoms with Gasteiger partial charge in [0.2, 0.25) is 0 Å². The van der Waals surface area contributed by atoms with Crippen molar-refractivity contribution in [2.45, 2.75) is 12.8 Å². The first kappa shape index (κ1) is 23.2. The van der Waals surface area contributed by atoms with E-state index in [0.717, 1.165) is 21.4 Å². The van der Waals surface area contributed by atoms with Gasteiger partial charge in [0.25, 0.3) is 5.56 Å². The molecule has 4 rings (SSSR count). The van der Waals surface area contributed by atoms with Crippen molar-refractivity contribution in [2.75, 3.05) is 6.61 Å². The number of esters is 1. The number of halogens is 2. The predicted molar refractivity (Wildman–Crippen MR) is 135 cm³/mol. The zero-order valence-electron chi connectivity index (χ0n) is 17.3. The second-order valence-electron chi connectivity index (χ2n) is 7.08. The van der Waals surface area contributed by atoms with Crippen LogP contribution in [0.2, 0.25) is 0 Å². The number of hydrogen-bond acceptors (Lipinski definition) is 6. The minimum absolute atomic E-state index is 0.00864. The van der Waals surface area contributed by atoms with Crippen LogP contribution < -0.4 is 20.5 Å². The van der Waals surface area contributed by atoms with Crippen molar-refractivity contribution in [3.63, 3.8) is 0 Å². The van der Waals surface area contributed by atoms with Gasteiger partial charge < -0.3 is 10.5 Å². The summed E-state index contributed by atoms with van der Waals surface area (Å²) in [6.07, 6.45) is 1.73. The van der Waals surface area contributed by atoms with Crippen LogP contribution in [-0.4, -0.2) is 17.1 Å². The highest BCUT2D eigenvalue weighted by Crippen LogP contribution is 2.39. The first-order chi connectivity index (χ1) is 15.9. The van der Waals surface area contributed by atoms with Crippen LogP contribution in [0.4, 0.5) is 0 Å². The van der Waals surface area contributed by atoms with Gasteiger partial charge in [0, 0.05) is 8.95 Å². The lowest BCUT2D eigenvalue weighted by Crippen LogP contribution is -2.40. The molecular weight excluding hydrogens is 570 g/mol. The summed E-state index contributed by atoms with van der Waals surface area (Å²) in [6.45, 7) is 1.86. The summed E-state index contributed by atoms with van der Waals surface area (Å²) in [6, 6.07) is 16.9. The molecule has 33 heavy (non-hydrogen) atoms. The fourth-order valence-electron chi connectivity index (χ4n) is 3.71. The maximum absolute atomic E-state index is 13.4. The van der Waals surface area contributed by atoms with Gasteiger partial charge in [0.15, 0.2) is 0 Å². The Bertz CT molecular complexity index is 1530. The van der Waals surface area contributed by atoms with Gasteiger partial charge in [-0.05, 0) is 36.3 Å². The van der Waals surface area contributed by atoms with Crippen LogP contribution >= 0.6 is 43.2 Å². The molecule has 0 aliphatic carbocycles. The molecule has 0 radical (unpaired) electrons. The third-order valence-electron chi connectivity index (χ3n) is 5.17. The van der Waals surface area contributed by atoms with Crippen LogP contribution in [0.1, 0.15) is 24.0 Å². The Hall–Kier alpha value is -2.93. The summed E-state index contributed by atoms with van der Waals surface area (Å²) in [7, 11) is 0. The van der Waals surface area contributed by atoms with E-state index in [0.29, 0.717) is 19.2 Å². The number of nitrogens with zero attached hydrogens (tertiary/aromatic N) is 2. The average molecular weight is 587 g/mol. The third kappa shape index (κ3) is 4.10. The van der Waals surface area contributed by atoms with E-state index >= 15 is 0 Å². The van der Waals surface area contributed by atoms with Gasteiger partial charge in [0.05, 0.1) is 34.3 Å². The van der Waals surface area contributed by atoms with Gasteiger partial charge in [-0.25, -0.2) is 4.79 Å². The molecule has 0 fully saturated rings. The van der Waals surface area contributed by atoms with Crippen molar-refractivity contribution in [1.29, 1.82) is 5.26 Å². The Balaban J connectivity index is 2.14. The minimum atomic E-state index is -0.779. The molecule has 2 aromatic carbocycles. The molecule has 1 atom stereocenters. The van der Waals surface area contributed by atoms with Crippen molar-refractivity contribution in [1.82, 2.24) is 4.57 Å². The Morgan fingerprint density at radius 2 is 1.88 bits per heavy atom. The van der Waals surface area contributed by atoms with Crippen LogP contribution in [0.5, 0.6) is 0 Å². The number of benzene rings is 2. The van der Waals surface area contributed by atoms with E-state index < -0.39 is 17.4 Å². The van der Waals surface area contributed by atoms with Crippen LogP contribution in [-0.2, 0) is 9.53 Å². The van der Waals surface area contributed by atoms with E-state index in [1.54, 1.807) is 13.0 Å². The first-order valence-electron chi connectivity index (χ1n) is 9.93. The molecule has 0 saturated carbocycles. The molecule has 0 bridgehead atoms. The van der Waals surface area contributed by atoms with Crippen LogP contribution in [0, 0.1) is 11.3 Å². The van der Waals surface area contributed by atoms with E-state index in [2.05, 4.69) is 37.9 Å². The molecule has 3 aromatic rings. The normalized spacial score (nSPS) is 15.9. The molecule has 2 N–H and O–H groups in total. The van der Waals surface area contributed by atoms with Crippen molar-refractivity contribution >= 4 is 66.6 Å². The predicted octanol–water partition coefficient (Wildman–Crippen LogP) is 3.43. The van der Waals surface area contributed by atoms with E-state index in [1.807, 2.05) is 48.5 Å². The number of ether oxygens (including phenoxy) is 1. The highest BCUT2D eigenvalue weighted by atomic mass is 79.9. The number of rotatable bonds is 4. The SMILES string of the molecule is CCOC(=O)C1=c2s/c(=C\c3ccccc3Br)c(=O)n2C(N)=C(C#N)[C@@H]1c1ccccc1Br. The number of aromatic nitrogens is 1. The summed E-state index contributed by atoms with van der Waals surface area (Å²) in [5.74, 6) is -1.37. The maximum Gasteiger partial charge on any atom is 0.338 e. The third-order valence-corrected chi connectivity index (χ3v) is 7.72. The molecule has 0 spiro atoms. The lowest BCUT2D eigenvalue weighted by molar-refractivity contribution is -0.136. The number of fused-ring (bicyclic) bond motifs is 1. The highest BCUT2D eigenvalue weighted by molar-refractivity contribution is 9.10. The number of thiazole rings is 1. The Morgan fingerprint density at radius 1 is 1.21 bits per heavy atom. The van der Waals surface area contributed by atoms with Gasteiger partial charge in [-0.15, -0.1) is 11.3 Å². The number of nitrogens with two attached hydrogens (primary N) is 1. The lowest BCUT2D eigenvalue weighted by atomic mass is 9.84. The molecule has 0 amide bonds. The number of allylic oxidation sites excluding steroid dienone is 1. The highest BCUT2D eigenvalue weighted by Gasteiger charge is 2.37. The van der Waals surface area contributed by atoms with Crippen molar-refractivity contribution in [2.24, 2.45) is 5.73 Å². The van der Waals surface area contributed by atoms with E-state index in [-0.39, 0.29) is 23.6 Å². The molecule has 2 heterocycles. The quantitative estimate of drug-likeness (QED) is 0.472. The fourth-order valence-corrected chi connectivity index (χ4v) is 5.78. The zero-order chi connectivity index (χ0) is 23.7. The average Bonchev–Trinajstić information content (AvgIpc) is 3.11. The molecule has 6 nitrogen and oxygen atoms in total. The van der Waals surface area contributed by atoms with Crippen molar-refractivity contribution < 1.29 is 9.53 Å². The lowest BCUT2D eigenvalue weighted by Gasteiger charge is -2.25. The van der Waals surface area contributed by atoms with E-state index in [1.165, 1.54) is 4.57 Å². The summed E-state index contributed by atoms with van der Waals surface area (Å²) < 4.78 is 8.87. The molecule has 9 heteroatoms. The van der Waals surface area contributed by atoms with Gasteiger partial charge >= 0.3 is 5.97 Å².